The van der Waals surface area contributed by atoms with E-state index in [-0.39, 0.29) is 11.7 Å². The van der Waals surface area contributed by atoms with E-state index in [0.717, 1.165) is 0 Å². The summed E-state index contributed by atoms with van der Waals surface area (Å²) in [6, 6.07) is 12.7. The van der Waals surface area contributed by atoms with Gasteiger partial charge in [0.1, 0.15) is 5.75 Å². The van der Waals surface area contributed by atoms with E-state index in [1.807, 2.05) is 0 Å². The van der Waals surface area contributed by atoms with Gasteiger partial charge in [0.05, 0.1) is 13.2 Å². The van der Waals surface area contributed by atoms with Crippen molar-refractivity contribution >= 4 is 23.6 Å². The van der Waals surface area contributed by atoms with Crippen LogP contribution in [0.15, 0.2) is 54.6 Å². The van der Waals surface area contributed by atoms with Crippen molar-refractivity contribution < 1.29 is 27.8 Å². The summed E-state index contributed by atoms with van der Waals surface area (Å²) in [4.78, 5) is 26.2. The Kier molecular flexibility index (Phi) is 6.91. The predicted molar refractivity (Wildman–Crippen MR) is 104 cm³/mol. The van der Waals surface area contributed by atoms with Crippen LogP contribution < -0.4 is 10.1 Å². The van der Waals surface area contributed by atoms with Gasteiger partial charge in [-0.2, -0.15) is 8.78 Å². The van der Waals surface area contributed by atoms with E-state index in [2.05, 4.69) is 10.1 Å². The zero-order chi connectivity index (χ0) is 20.6. The summed E-state index contributed by atoms with van der Waals surface area (Å²) in [5.74, 6) is -0.539. The number of para-hydroxylation sites is 1. The van der Waals surface area contributed by atoms with Gasteiger partial charge in [0, 0.05) is 36.0 Å². The fourth-order valence-electron chi connectivity index (χ4n) is 2.82. The van der Waals surface area contributed by atoms with Crippen LogP contribution in [0.25, 0.3) is 6.08 Å². The Morgan fingerprint density at radius 1 is 1.07 bits per heavy atom. The molecule has 0 radical (unpaired) electrons. The summed E-state index contributed by atoms with van der Waals surface area (Å²) in [6.07, 6.45) is 2.61. The molecule has 0 bridgehead atoms. The number of anilines is 1. The van der Waals surface area contributed by atoms with Crippen LogP contribution in [0.1, 0.15) is 15.9 Å². The van der Waals surface area contributed by atoms with Gasteiger partial charge in [-0.25, -0.2) is 0 Å². The molecule has 8 heteroatoms. The fraction of sp³-hybridized carbons (Fsp3) is 0.238. The SMILES string of the molecule is O=C(/C=C/c1ccccc1OC(F)F)Nc1ccc(C(=O)N2CCOCC2)cc1. The van der Waals surface area contributed by atoms with E-state index in [9.17, 15) is 18.4 Å². The van der Waals surface area contributed by atoms with E-state index in [1.165, 1.54) is 18.2 Å². The molecule has 1 fully saturated rings. The van der Waals surface area contributed by atoms with Crippen molar-refractivity contribution in [1.82, 2.24) is 4.90 Å². The number of hydrogen-bond acceptors (Lipinski definition) is 4. The monoisotopic (exact) mass is 402 g/mol. The Morgan fingerprint density at radius 2 is 1.76 bits per heavy atom. The number of nitrogens with one attached hydrogen (secondary N) is 1. The topological polar surface area (TPSA) is 67.9 Å². The van der Waals surface area contributed by atoms with Crippen LogP contribution in [0.5, 0.6) is 5.75 Å². The maximum Gasteiger partial charge on any atom is 0.387 e. The molecule has 0 aromatic heterocycles. The average Bonchev–Trinajstić information content (AvgIpc) is 2.73. The largest absolute Gasteiger partial charge is 0.434 e. The van der Waals surface area contributed by atoms with E-state index in [4.69, 9.17) is 4.74 Å². The number of amides is 2. The molecule has 2 aromatic carbocycles. The first-order valence-electron chi connectivity index (χ1n) is 9.03. The second-order valence-electron chi connectivity index (χ2n) is 6.22. The molecule has 6 nitrogen and oxygen atoms in total. The van der Waals surface area contributed by atoms with Crippen LogP contribution in [0.4, 0.5) is 14.5 Å². The molecular weight excluding hydrogens is 382 g/mol. The summed E-state index contributed by atoms with van der Waals surface area (Å²) in [5, 5.41) is 2.66. The van der Waals surface area contributed by atoms with E-state index < -0.39 is 12.5 Å². The minimum absolute atomic E-state index is 0.0162. The zero-order valence-electron chi connectivity index (χ0n) is 15.5. The van der Waals surface area contributed by atoms with Crippen LogP contribution in [0.2, 0.25) is 0 Å². The van der Waals surface area contributed by atoms with Crippen molar-refractivity contribution in [3.8, 4) is 5.75 Å². The first kappa shape index (κ1) is 20.5. The van der Waals surface area contributed by atoms with Crippen LogP contribution in [-0.2, 0) is 9.53 Å². The minimum atomic E-state index is -2.95. The number of carbonyl (C=O) groups is 2. The number of alkyl halides is 2. The second kappa shape index (κ2) is 9.79. The summed E-state index contributed by atoms with van der Waals surface area (Å²) < 4.78 is 34.5. The fourth-order valence-corrected chi connectivity index (χ4v) is 2.82. The average molecular weight is 402 g/mol. The summed E-state index contributed by atoms with van der Waals surface area (Å²) in [6.45, 7) is -0.787. The third-order valence-electron chi connectivity index (χ3n) is 4.25. The molecule has 0 aliphatic carbocycles. The highest BCUT2D eigenvalue weighted by molar-refractivity contribution is 6.02. The molecule has 1 heterocycles. The Labute approximate surface area is 166 Å². The first-order valence-corrected chi connectivity index (χ1v) is 9.03. The molecule has 1 saturated heterocycles. The van der Waals surface area contributed by atoms with Gasteiger partial charge in [-0.15, -0.1) is 0 Å². The van der Waals surface area contributed by atoms with Gasteiger partial charge >= 0.3 is 6.61 Å². The maximum atomic E-state index is 12.4. The molecule has 0 spiro atoms. The Bertz CT molecular complexity index is 879. The zero-order valence-corrected chi connectivity index (χ0v) is 15.5. The molecule has 152 valence electrons. The standard InChI is InChI=1S/C21H20F2N2O4/c22-21(23)29-18-4-2-1-3-15(18)7-10-19(26)24-17-8-5-16(6-9-17)20(27)25-11-13-28-14-12-25/h1-10,21H,11-14H2,(H,24,26)/b10-7+. The number of benzene rings is 2. The van der Waals surface area contributed by atoms with Gasteiger partial charge in [0.25, 0.3) is 5.91 Å². The van der Waals surface area contributed by atoms with E-state index in [0.29, 0.717) is 43.1 Å². The molecule has 0 atom stereocenters. The molecular formula is C21H20F2N2O4. The lowest BCUT2D eigenvalue weighted by molar-refractivity contribution is -0.111. The molecule has 1 aliphatic rings. The minimum Gasteiger partial charge on any atom is -0.434 e. The highest BCUT2D eigenvalue weighted by Crippen LogP contribution is 2.21. The van der Waals surface area contributed by atoms with E-state index >= 15 is 0 Å². The summed E-state index contributed by atoms with van der Waals surface area (Å²) in [7, 11) is 0. The Balaban J connectivity index is 1.60. The normalized spacial score (nSPS) is 14.2. The van der Waals surface area contributed by atoms with Crippen LogP contribution in [0.3, 0.4) is 0 Å². The molecule has 1 aliphatic heterocycles. The second-order valence-corrected chi connectivity index (χ2v) is 6.22. The smallest absolute Gasteiger partial charge is 0.387 e. The van der Waals surface area contributed by atoms with Gasteiger partial charge in [0.2, 0.25) is 5.91 Å². The van der Waals surface area contributed by atoms with Crippen LogP contribution in [0, 0.1) is 0 Å². The Hall–Kier alpha value is -3.26. The molecule has 0 unspecified atom stereocenters. The van der Waals surface area contributed by atoms with Crippen molar-refractivity contribution in [2.45, 2.75) is 6.61 Å². The lowest BCUT2D eigenvalue weighted by atomic mass is 10.1. The highest BCUT2D eigenvalue weighted by atomic mass is 19.3. The molecule has 29 heavy (non-hydrogen) atoms. The first-order chi connectivity index (χ1) is 14.0. The van der Waals surface area contributed by atoms with Crippen molar-refractivity contribution in [3.05, 3.63) is 65.7 Å². The summed E-state index contributed by atoms with van der Waals surface area (Å²) >= 11 is 0. The van der Waals surface area contributed by atoms with Gasteiger partial charge in [-0.3, -0.25) is 9.59 Å². The molecule has 3 rings (SSSR count). The van der Waals surface area contributed by atoms with Gasteiger partial charge in [-0.05, 0) is 36.4 Å². The van der Waals surface area contributed by atoms with Gasteiger partial charge < -0.3 is 19.7 Å². The molecule has 2 amide bonds. The van der Waals surface area contributed by atoms with Crippen LogP contribution >= 0.6 is 0 Å². The highest BCUT2D eigenvalue weighted by Gasteiger charge is 2.18. The maximum absolute atomic E-state index is 12.4. The predicted octanol–water partition coefficient (Wildman–Crippen LogP) is 3.41. The van der Waals surface area contributed by atoms with Gasteiger partial charge in [0.15, 0.2) is 0 Å². The molecule has 1 N–H and O–H groups in total. The quantitative estimate of drug-likeness (QED) is 0.752. The summed E-state index contributed by atoms with van der Waals surface area (Å²) in [5.41, 5.74) is 1.39. The van der Waals surface area contributed by atoms with Crippen molar-refractivity contribution in [2.24, 2.45) is 0 Å². The number of carbonyl (C=O) groups excluding carboxylic acids is 2. The number of ether oxygens (including phenoxy) is 2. The van der Waals surface area contributed by atoms with Crippen LogP contribution in [-0.4, -0.2) is 49.6 Å². The molecule has 2 aromatic rings. The number of halogens is 2. The van der Waals surface area contributed by atoms with E-state index in [1.54, 1.807) is 47.4 Å². The number of hydrogen-bond donors (Lipinski definition) is 1. The lowest BCUT2D eigenvalue weighted by Gasteiger charge is -2.26. The lowest BCUT2D eigenvalue weighted by Crippen LogP contribution is -2.40. The number of nitrogens with zero attached hydrogens (tertiary/aromatic N) is 1. The third-order valence-corrected chi connectivity index (χ3v) is 4.25. The third kappa shape index (κ3) is 5.86. The Morgan fingerprint density at radius 3 is 2.45 bits per heavy atom. The number of morpholine rings is 1. The van der Waals surface area contributed by atoms with Crippen molar-refractivity contribution in [1.29, 1.82) is 0 Å². The van der Waals surface area contributed by atoms with Gasteiger partial charge in [-0.1, -0.05) is 18.2 Å². The van der Waals surface area contributed by atoms with Crippen molar-refractivity contribution in [2.75, 3.05) is 31.6 Å². The molecule has 0 saturated carbocycles. The van der Waals surface area contributed by atoms with Crippen molar-refractivity contribution in [3.63, 3.8) is 0 Å². The number of rotatable bonds is 6.